The number of likely N-dealkylation sites (N-methyl/N-ethyl adjacent to an activating group) is 1. The van der Waals surface area contributed by atoms with Gasteiger partial charge in [0.2, 0.25) is 0 Å². The molecular formula is C13H15ClN4. The Morgan fingerprint density at radius 3 is 2.67 bits per heavy atom. The molecule has 1 unspecified atom stereocenters. The van der Waals surface area contributed by atoms with Gasteiger partial charge in [0.15, 0.2) is 0 Å². The summed E-state index contributed by atoms with van der Waals surface area (Å²) in [5.41, 5.74) is 2.13. The van der Waals surface area contributed by atoms with E-state index in [1.54, 1.807) is 12.4 Å². The second kappa shape index (κ2) is 6.42. The Bertz CT molecular complexity index is 489. The van der Waals surface area contributed by atoms with Crippen molar-refractivity contribution in [2.45, 2.75) is 19.4 Å². The molecule has 2 aromatic rings. The molecule has 0 radical (unpaired) electrons. The molecule has 94 valence electrons. The Labute approximate surface area is 111 Å². The van der Waals surface area contributed by atoms with E-state index in [1.165, 1.54) is 6.33 Å². The van der Waals surface area contributed by atoms with Gasteiger partial charge in [0.25, 0.3) is 0 Å². The zero-order valence-corrected chi connectivity index (χ0v) is 10.9. The van der Waals surface area contributed by atoms with Crippen LogP contribution < -0.4 is 5.32 Å². The maximum Gasteiger partial charge on any atom is 0.115 e. The van der Waals surface area contributed by atoms with Gasteiger partial charge in [0, 0.05) is 36.4 Å². The number of aromatic nitrogens is 3. The van der Waals surface area contributed by atoms with Crippen molar-refractivity contribution in [2.75, 3.05) is 6.54 Å². The zero-order valence-electron chi connectivity index (χ0n) is 10.2. The third-order valence-electron chi connectivity index (χ3n) is 2.71. The lowest BCUT2D eigenvalue weighted by molar-refractivity contribution is 0.546. The molecule has 18 heavy (non-hydrogen) atoms. The Kier molecular flexibility index (Phi) is 4.61. The van der Waals surface area contributed by atoms with Gasteiger partial charge < -0.3 is 5.32 Å². The van der Waals surface area contributed by atoms with Crippen LogP contribution in [0.15, 0.2) is 37.2 Å². The summed E-state index contributed by atoms with van der Waals surface area (Å²) < 4.78 is 0. The van der Waals surface area contributed by atoms with Gasteiger partial charge in [-0.3, -0.25) is 4.98 Å². The number of hydrogen-bond donors (Lipinski definition) is 1. The van der Waals surface area contributed by atoms with Crippen molar-refractivity contribution in [3.8, 4) is 0 Å². The summed E-state index contributed by atoms with van der Waals surface area (Å²) in [5.74, 6) is 0. The number of halogens is 1. The van der Waals surface area contributed by atoms with Gasteiger partial charge in [0.1, 0.15) is 6.33 Å². The molecule has 0 spiro atoms. The Morgan fingerprint density at radius 1 is 1.22 bits per heavy atom. The lowest BCUT2D eigenvalue weighted by Gasteiger charge is -2.18. The summed E-state index contributed by atoms with van der Waals surface area (Å²) in [7, 11) is 0. The molecule has 0 aromatic carbocycles. The van der Waals surface area contributed by atoms with Crippen LogP contribution in [-0.4, -0.2) is 21.5 Å². The molecule has 2 rings (SSSR count). The van der Waals surface area contributed by atoms with E-state index < -0.39 is 0 Å². The number of pyridine rings is 1. The average molecular weight is 263 g/mol. The maximum absolute atomic E-state index is 6.13. The van der Waals surface area contributed by atoms with E-state index in [1.807, 2.05) is 18.5 Å². The molecule has 0 saturated heterocycles. The van der Waals surface area contributed by atoms with E-state index in [2.05, 4.69) is 27.2 Å². The van der Waals surface area contributed by atoms with E-state index >= 15 is 0 Å². The largest absolute Gasteiger partial charge is 0.310 e. The summed E-state index contributed by atoms with van der Waals surface area (Å²) in [6.45, 7) is 2.95. The minimum absolute atomic E-state index is 0.163. The highest BCUT2D eigenvalue weighted by atomic mass is 35.5. The number of rotatable bonds is 5. The van der Waals surface area contributed by atoms with Crippen LogP contribution in [0.4, 0.5) is 0 Å². The van der Waals surface area contributed by atoms with E-state index in [-0.39, 0.29) is 6.04 Å². The van der Waals surface area contributed by atoms with E-state index in [0.29, 0.717) is 5.02 Å². The normalized spacial score (nSPS) is 12.3. The summed E-state index contributed by atoms with van der Waals surface area (Å²) in [5, 5.41) is 4.11. The molecule has 2 aromatic heterocycles. The molecule has 1 N–H and O–H groups in total. The topological polar surface area (TPSA) is 50.7 Å². The molecule has 0 amide bonds. The van der Waals surface area contributed by atoms with Crippen LogP contribution in [0.5, 0.6) is 0 Å². The van der Waals surface area contributed by atoms with Crippen molar-refractivity contribution < 1.29 is 0 Å². The van der Waals surface area contributed by atoms with Crippen molar-refractivity contribution >= 4 is 11.6 Å². The first-order valence-corrected chi connectivity index (χ1v) is 6.25. The predicted molar refractivity (Wildman–Crippen MR) is 71.4 cm³/mol. The monoisotopic (exact) mass is 262 g/mol. The van der Waals surface area contributed by atoms with Crippen LogP contribution >= 0.6 is 11.6 Å². The Hall–Kier alpha value is -1.52. The van der Waals surface area contributed by atoms with Crippen molar-refractivity contribution in [1.82, 2.24) is 20.3 Å². The quantitative estimate of drug-likeness (QED) is 0.899. The summed E-state index contributed by atoms with van der Waals surface area (Å²) >= 11 is 6.13. The average Bonchev–Trinajstić information content (AvgIpc) is 2.42. The fourth-order valence-corrected chi connectivity index (χ4v) is 2.03. The molecule has 0 aliphatic heterocycles. The minimum Gasteiger partial charge on any atom is -0.310 e. The van der Waals surface area contributed by atoms with Gasteiger partial charge >= 0.3 is 0 Å². The van der Waals surface area contributed by atoms with E-state index in [0.717, 1.165) is 24.1 Å². The molecule has 0 saturated carbocycles. The van der Waals surface area contributed by atoms with Crippen molar-refractivity contribution in [3.05, 3.63) is 53.3 Å². The molecular weight excluding hydrogens is 248 g/mol. The molecule has 0 aliphatic rings. The van der Waals surface area contributed by atoms with Crippen molar-refractivity contribution in [3.63, 3.8) is 0 Å². The Balaban J connectivity index is 2.19. The highest BCUT2D eigenvalue weighted by Crippen LogP contribution is 2.21. The van der Waals surface area contributed by atoms with Crippen LogP contribution in [0.3, 0.4) is 0 Å². The molecule has 5 heteroatoms. The first-order valence-electron chi connectivity index (χ1n) is 5.88. The van der Waals surface area contributed by atoms with Crippen molar-refractivity contribution in [2.24, 2.45) is 0 Å². The predicted octanol–water partition coefficient (Wildman–Crippen LogP) is 2.42. The molecule has 0 bridgehead atoms. The molecule has 0 aliphatic carbocycles. The summed E-state index contributed by atoms with van der Waals surface area (Å²) in [6.07, 6.45) is 9.41. The zero-order chi connectivity index (χ0) is 12.8. The van der Waals surface area contributed by atoms with E-state index in [9.17, 15) is 0 Å². The van der Waals surface area contributed by atoms with E-state index in [4.69, 9.17) is 11.6 Å². The standard InChI is InChI=1S/C13H15ClN4/c1-2-18-13(11-6-16-9-17-7-11)5-10-3-4-15-8-12(10)14/h3-4,6-9,13,18H,2,5H2,1H3. The second-order valence-electron chi connectivity index (χ2n) is 3.95. The minimum atomic E-state index is 0.163. The van der Waals surface area contributed by atoms with Gasteiger partial charge in [-0.2, -0.15) is 0 Å². The third kappa shape index (κ3) is 3.24. The van der Waals surface area contributed by atoms with Gasteiger partial charge in [0.05, 0.1) is 5.02 Å². The molecule has 1 atom stereocenters. The van der Waals surface area contributed by atoms with Gasteiger partial charge in [-0.05, 0) is 24.6 Å². The SMILES string of the molecule is CCNC(Cc1ccncc1Cl)c1cncnc1. The van der Waals surface area contributed by atoms with Crippen LogP contribution in [-0.2, 0) is 6.42 Å². The fraction of sp³-hybridized carbons (Fsp3) is 0.308. The van der Waals surface area contributed by atoms with Crippen molar-refractivity contribution in [1.29, 1.82) is 0 Å². The van der Waals surface area contributed by atoms with Crippen LogP contribution in [0.2, 0.25) is 5.02 Å². The van der Waals surface area contributed by atoms with Gasteiger partial charge in [-0.25, -0.2) is 9.97 Å². The lowest BCUT2D eigenvalue weighted by atomic mass is 10.0. The highest BCUT2D eigenvalue weighted by molar-refractivity contribution is 6.31. The number of nitrogens with zero attached hydrogens (tertiary/aromatic N) is 3. The van der Waals surface area contributed by atoms with Crippen LogP contribution in [0, 0.1) is 0 Å². The molecule has 2 heterocycles. The molecule has 4 nitrogen and oxygen atoms in total. The smallest absolute Gasteiger partial charge is 0.115 e. The fourth-order valence-electron chi connectivity index (χ4n) is 1.83. The number of nitrogens with one attached hydrogen (secondary N) is 1. The number of hydrogen-bond acceptors (Lipinski definition) is 4. The second-order valence-corrected chi connectivity index (χ2v) is 4.36. The van der Waals surface area contributed by atoms with Gasteiger partial charge in [-0.15, -0.1) is 0 Å². The van der Waals surface area contributed by atoms with Crippen LogP contribution in [0.25, 0.3) is 0 Å². The Morgan fingerprint density at radius 2 is 2.00 bits per heavy atom. The van der Waals surface area contributed by atoms with Gasteiger partial charge in [-0.1, -0.05) is 18.5 Å². The lowest BCUT2D eigenvalue weighted by Crippen LogP contribution is -2.23. The first-order chi connectivity index (χ1) is 8.81. The first kappa shape index (κ1) is 12.9. The molecule has 0 fully saturated rings. The summed E-state index contributed by atoms with van der Waals surface area (Å²) in [4.78, 5) is 12.1. The summed E-state index contributed by atoms with van der Waals surface area (Å²) in [6, 6.07) is 2.10. The highest BCUT2D eigenvalue weighted by Gasteiger charge is 2.13. The van der Waals surface area contributed by atoms with Crippen LogP contribution in [0.1, 0.15) is 24.1 Å². The maximum atomic E-state index is 6.13. The third-order valence-corrected chi connectivity index (χ3v) is 3.05.